The summed E-state index contributed by atoms with van der Waals surface area (Å²) in [4.78, 5) is 7.86. The monoisotopic (exact) mass is 258 g/mol. The van der Waals surface area contributed by atoms with Crippen molar-refractivity contribution in [1.29, 1.82) is 5.39 Å². The minimum Gasteiger partial charge on any atom is -0.255 e. The van der Waals surface area contributed by atoms with Gasteiger partial charge in [-0.3, -0.25) is 4.98 Å². The zero-order chi connectivity index (χ0) is 13.8. The smallest absolute Gasteiger partial charge is 0.255 e. The first kappa shape index (κ1) is 12.1. The summed E-state index contributed by atoms with van der Waals surface area (Å²) in [5.41, 5.74) is 4.14. The fraction of sp³-hybridized carbons (Fsp3) is 0. The van der Waals surface area contributed by atoms with Crippen LogP contribution in [0.1, 0.15) is 0 Å². The van der Waals surface area contributed by atoms with E-state index < -0.39 is 0 Å². The van der Waals surface area contributed by atoms with Crippen LogP contribution in [0.15, 0.2) is 72.9 Å². The number of hydrogen-bond acceptors (Lipinski definition) is 2. The predicted octanol–water partition coefficient (Wildman–Crippen LogP) is 4.90. The van der Waals surface area contributed by atoms with Gasteiger partial charge in [-0.25, -0.2) is 0 Å². The quantitative estimate of drug-likeness (QED) is 0.613. The number of nitrogens with zero attached hydrogens (tertiary/aromatic N) is 3. The second kappa shape index (κ2) is 5.33. The molecule has 0 radical (unpaired) electrons. The van der Waals surface area contributed by atoms with Crippen LogP contribution in [0.25, 0.3) is 27.4 Å². The highest BCUT2D eigenvalue weighted by atomic mass is 14.9. The van der Waals surface area contributed by atoms with E-state index in [2.05, 4.69) is 9.96 Å². The van der Waals surface area contributed by atoms with Gasteiger partial charge in [-0.15, -0.1) is 0 Å². The molecule has 0 fully saturated rings. The number of pyridine rings is 1. The minimum atomic E-state index is 0.519. The third-order valence-electron chi connectivity index (χ3n) is 3.15. The van der Waals surface area contributed by atoms with Crippen LogP contribution < -0.4 is 0 Å². The number of aromatic nitrogens is 1. The highest BCUT2D eigenvalue weighted by Gasteiger charge is 2.21. The van der Waals surface area contributed by atoms with Crippen molar-refractivity contribution in [2.24, 2.45) is 0 Å². The maximum atomic E-state index is 9.25. The average Bonchev–Trinajstić information content (AvgIpc) is 2.55. The van der Waals surface area contributed by atoms with Gasteiger partial charge in [-0.05, 0) is 5.56 Å². The van der Waals surface area contributed by atoms with Gasteiger partial charge < -0.3 is 0 Å². The van der Waals surface area contributed by atoms with E-state index in [0.717, 1.165) is 22.4 Å². The molecule has 1 heterocycles. The van der Waals surface area contributed by atoms with Crippen LogP contribution in [-0.2, 0) is 0 Å². The summed E-state index contributed by atoms with van der Waals surface area (Å²) in [5.74, 6) is 0. The van der Waals surface area contributed by atoms with Gasteiger partial charge in [0.15, 0.2) is 4.98 Å². The van der Waals surface area contributed by atoms with Crippen LogP contribution >= 0.6 is 0 Å². The van der Waals surface area contributed by atoms with Crippen molar-refractivity contribution >= 4 is 5.69 Å². The maximum Gasteiger partial charge on any atom is 0.396 e. The fourth-order valence-corrected chi connectivity index (χ4v) is 2.24. The van der Waals surface area contributed by atoms with Crippen LogP contribution in [0.4, 0.5) is 5.69 Å². The lowest BCUT2D eigenvalue weighted by Crippen LogP contribution is -1.89. The standard InChI is InChI=1S/C17H12N3/c18-20-15-11-12-19-17(14-9-5-2-6-10-14)16(15)13-7-3-1-4-8-13/h1-12H/q+1. The van der Waals surface area contributed by atoms with E-state index in [-0.39, 0.29) is 0 Å². The van der Waals surface area contributed by atoms with Gasteiger partial charge in [-0.1, -0.05) is 60.7 Å². The largest absolute Gasteiger partial charge is 0.396 e. The summed E-state index contributed by atoms with van der Waals surface area (Å²) < 4.78 is 0. The number of hydrogen-bond donors (Lipinski definition) is 0. The number of benzene rings is 2. The Kier molecular flexibility index (Phi) is 3.22. The molecule has 0 aliphatic rings. The summed E-state index contributed by atoms with van der Waals surface area (Å²) in [6, 6.07) is 21.4. The molecule has 3 rings (SSSR count). The van der Waals surface area contributed by atoms with Gasteiger partial charge in [-0.2, -0.15) is 0 Å². The van der Waals surface area contributed by atoms with E-state index in [4.69, 9.17) is 0 Å². The highest BCUT2D eigenvalue weighted by Crippen LogP contribution is 2.37. The normalized spacial score (nSPS) is 9.95. The molecule has 1 aromatic heterocycles. The van der Waals surface area contributed by atoms with Gasteiger partial charge >= 0.3 is 5.69 Å². The molecule has 0 unspecified atom stereocenters. The molecule has 2 aromatic carbocycles. The van der Waals surface area contributed by atoms with E-state index >= 15 is 0 Å². The van der Waals surface area contributed by atoms with E-state index in [9.17, 15) is 5.39 Å². The third kappa shape index (κ3) is 2.15. The minimum absolute atomic E-state index is 0.519. The molecule has 0 N–H and O–H groups in total. The summed E-state index contributed by atoms with van der Waals surface area (Å²) in [6.07, 6.45) is 1.66. The highest BCUT2D eigenvalue weighted by molar-refractivity contribution is 5.89. The molecule has 0 bridgehead atoms. The van der Waals surface area contributed by atoms with Crippen LogP contribution in [0.3, 0.4) is 0 Å². The van der Waals surface area contributed by atoms with Crippen molar-refractivity contribution in [1.82, 2.24) is 4.98 Å². The topological polar surface area (TPSA) is 41.0 Å². The van der Waals surface area contributed by atoms with Crippen LogP contribution in [-0.4, -0.2) is 4.98 Å². The Morgan fingerprint density at radius 3 is 1.95 bits per heavy atom. The molecule has 0 saturated heterocycles. The third-order valence-corrected chi connectivity index (χ3v) is 3.15. The lowest BCUT2D eigenvalue weighted by atomic mass is 9.98. The number of diazo groups is 1. The fourth-order valence-electron chi connectivity index (χ4n) is 2.24. The molecule has 0 aliphatic carbocycles. The molecular weight excluding hydrogens is 246 g/mol. The second-order valence-electron chi connectivity index (χ2n) is 4.39. The predicted molar refractivity (Wildman–Crippen MR) is 79.9 cm³/mol. The summed E-state index contributed by atoms with van der Waals surface area (Å²) in [5, 5.41) is 9.25. The van der Waals surface area contributed by atoms with Crippen molar-refractivity contribution in [3.63, 3.8) is 0 Å². The molecule has 3 heteroatoms. The Bertz CT molecular complexity index is 759. The first-order valence-corrected chi connectivity index (χ1v) is 6.35. The van der Waals surface area contributed by atoms with Crippen molar-refractivity contribution in [3.05, 3.63) is 77.9 Å². The van der Waals surface area contributed by atoms with Crippen LogP contribution in [0.2, 0.25) is 0 Å². The molecule has 20 heavy (non-hydrogen) atoms. The molecule has 0 amide bonds. The van der Waals surface area contributed by atoms with Crippen molar-refractivity contribution in [2.75, 3.05) is 0 Å². The summed E-state index contributed by atoms with van der Waals surface area (Å²) in [6.45, 7) is 0. The zero-order valence-electron chi connectivity index (χ0n) is 10.8. The molecule has 0 spiro atoms. The zero-order valence-corrected chi connectivity index (χ0v) is 10.8. The van der Waals surface area contributed by atoms with E-state index in [1.165, 1.54) is 0 Å². The molecule has 3 aromatic rings. The van der Waals surface area contributed by atoms with Gasteiger partial charge in [0.05, 0.1) is 11.8 Å². The van der Waals surface area contributed by atoms with Gasteiger partial charge in [0, 0.05) is 11.8 Å². The Balaban J connectivity index is 2.30. The van der Waals surface area contributed by atoms with Gasteiger partial charge in [0.1, 0.15) is 5.56 Å². The van der Waals surface area contributed by atoms with Crippen molar-refractivity contribution < 1.29 is 0 Å². The Hall–Kier alpha value is -2.99. The SMILES string of the molecule is N#[N+]c1ccnc(-c2ccccc2)c1-c1ccccc1. The van der Waals surface area contributed by atoms with Crippen molar-refractivity contribution in [3.8, 4) is 22.4 Å². The second-order valence-corrected chi connectivity index (χ2v) is 4.39. The van der Waals surface area contributed by atoms with E-state index in [0.29, 0.717) is 5.69 Å². The Morgan fingerprint density at radius 2 is 1.35 bits per heavy atom. The first-order chi connectivity index (χ1) is 9.90. The molecular formula is C17H12N3+. The van der Waals surface area contributed by atoms with Gasteiger partial charge in [0.25, 0.3) is 0 Å². The summed E-state index contributed by atoms with van der Waals surface area (Å²) in [7, 11) is 0. The summed E-state index contributed by atoms with van der Waals surface area (Å²) >= 11 is 0. The number of rotatable bonds is 2. The molecule has 0 aliphatic heterocycles. The van der Waals surface area contributed by atoms with Crippen molar-refractivity contribution in [2.45, 2.75) is 0 Å². The maximum absolute atomic E-state index is 9.25. The first-order valence-electron chi connectivity index (χ1n) is 6.35. The van der Waals surface area contributed by atoms with Crippen LogP contribution in [0.5, 0.6) is 0 Å². The van der Waals surface area contributed by atoms with E-state index in [1.54, 1.807) is 12.3 Å². The Morgan fingerprint density at radius 1 is 0.750 bits per heavy atom. The van der Waals surface area contributed by atoms with Crippen LogP contribution in [0, 0.1) is 5.39 Å². The Labute approximate surface area is 117 Å². The van der Waals surface area contributed by atoms with Gasteiger partial charge in [0.2, 0.25) is 5.39 Å². The molecule has 94 valence electrons. The lowest BCUT2D eigenvalue weighted by Gasteiger charge is -2.06. The average molecular weight is 258 g/mol. The molecule has 0 saturated carbocycles. The lowest BCUT2D eigenvalue weighted by molar-refractivity contribution is 1.32. The molecule has 3 nitrogen and oxygen atoms in total. The van der Waals surface area contributed by atoms with E-state index in [1.807, 2.05) is 60.7 Å². The molecule has 0 atom stereocenters.